The first kappa shape index (κ1) is 29.2. The Morgan fingerprint density at radius 3 is 2.36 bits per heavy atom. The number of hydrazone groups is 1. The second-order valence-corrected chi connectivity index (χ2v) is 9.15. The predicted molar refractivity (Wildman–Crippen MR) is 151 cm³/mol. The molecule has 204 valence electrons. The molecule has 3 aromatic carbocycles. The third kappa shape index (κ3) is 9.15. The smallest absolute Gasteiger partial charge is 0.329 e. The minimum absolute atomic E-state index is 0.183. The summed E-state index contributed by atoms with van der Waals surface area (Å²) in [4.78, 5) is 36.5. The molecule has 0 bridgehead atoms. The molecule has 0 aliphatic carbocycles. The molecule has 0 fully saturated rings. The predicted octanol–water partition coefficient (Wildman–Crippen LogP) is 4.65. The van der Waals surface area contributed by atoms with Crippen LogP contribution in [-0.2, 0) is 20.9 Å². The Morgan fingerprint density at radius 2 is 1.69 bits per heavy atom. The van der Waals surface area contributed by atoms with E-state index in [9.17, 15) is 14.4 Å². The Bertz CT molecular complexity index is 1310. The van der Waals surface area contributed by atoms with Crippen molar-refractivity contribution in [3.63, 3.8) is 0 Å². The third-order valence-corrected chi connectivity index (χ3v) is 5.70. The van der Waals surface area contributed by atoms with Crippen LogP contribution in [0.2, 0.25) is 5.02 Å². The van der Waals surface area contributed by atoms with Crippen LogP contribution in [0.3, 0.4) is 0 Å². The number of rotatable bonds is 11. The maximum absolute atomic E-state index is 12.2. The molecule has 0 saturated carbocycles. The number of hydrogen-bond donors (Lipinski definition) is 3. The first-order chi connectivity index (χ1) is 18.8. The van der Waals surface area contributed by atoms with Gasteiger partial charge >= 0.3 is 11.8 Å². The number of benzene rings is 3. The third-order valence-electron chi connectivity index (χ3n) is 5.42. The molecule has 9 nitrogen and oxygen atoms in total. The maximum Gasteiger partial charge on any atom is 0.329 e. The number of para-hydroxylation sites is 1. The molecule has 0 aliphatic heterocycles. The van der Waals surface area contributed by atoms with Crippen molar-refractivity contribution in [2.24, 2.45) is 5.10 Å². The Kier molecular flexibility index (Phi) is 10.9. The molecule has 0 aliphatic rings. The molecule has 3 aromatic rings. The van der Waals surface area contributed by atoms with Crippen molar-refractivity contribution in [3.05, 3.63) is 88.4 Å². The normalized spacial score (nSPS) is 10.8. The topological polar surface area (TPSA) is 118 Å². The lowest BCUT2D eigenvalue weighted by Crippen LogP contribution is -2.37. The van der Waals surface area contributed by atoms with Crippen LogP contribution in [0.4, 0.5) is 5.69 Å². The molecule has 0 spiro atoms. The van der Waals surface area contributed by atoms with Gasteiger partial charge in [0.15, 0.2) is 18.1 Å². The molecule has 0 atom stereocenters. The van der Waals surface area contributed by atoms with Crippen molar-refractivity contribution in [3.8, 4) is 11.5 Å². The summed E-state index contributed by atoms with van der Waals surface area (Å²) in [6.45, 7) is 6.24. The minimum Gasteiger partial charge on any atom is -0.490 e. The number of amides is 3. The van der Waals surface area contributed by atoms with E-state index in [4.69, 9.17) is 21.1 Å². The summed E-state index contributed by atoms with van der Waals surface area (Å²) in [5.74, 6) is -1.18. The second kappa shape index (κ2) is 14.5. The fourth-order valence-corrected chi connectivity index (χ4v) is 3.69. The van der Waals surface area contributed by atoms with E-state index < -0.39 is 11.8 Å². The van der Waals surface area contributed by atoms with Crippen LogP contribution < -0.4 is 25.5 Å². The summed E-state index contributed by atoms with van der Waals surface area (Å²) in [6, 6.07) is 19.9. The minimum atomic E-state index is -0.912. The Hall–Kier alpha value is -4.37. The summed E-state index contributed by atoms with van der Waals surface area (Å²) in [5.41, 5.74) is 5.39. The molecule has 0 saturated heterocycles. The number of halogens is 1. The molecule has 0 radical (unpaired) electrons. The standard InChI is InChI=1S/C29H31ClN4O5/c1-4-38-25-15-21(14-24(30)27(25)39-18-26(35)33-23-8-6-5-7-9-23)17-32-34-29(37)28(36)31-16-20-10-12-22(13-11-20)19(2)3/h5-15,17,19H,4,16,18H2,1-3H3,(H,31,36)(H,33,35)(H,34,37)/b32-17-. The van der Waals surface area contributed by atoms with Gasteiger partial charge in [-0.25, -0.2) is 5.43 Å². The SMILES string of the molecule is CCOc1cc(/C=N\NC(=O)C(=O)NCc2ccc(C(C)C)cc2)cc(Cl)c1OCC(=O)Nc1ccccc1. The fraction of sp³-hybridized carbons (Fsp3) is 0.241. The molecule has 0 heterocycles. The molecular weight excluding hydrogens is 520 g/mol. The van der Waals surface area contributed by atoms with E-state index >= 15 is 0 Å². The highest BCUT2D eigenvalue weighted by molar-refractivity contribution is 6.35. The Labute approximate surface area is 232 Å². The van der Waals surface area contributed by atoms with Gasteiger partial charge in [-0.2, -0.15) is 5.10 Å². The molecule has 3 N–H and O–H groups in total. The van der Waals surface area contributed by atoms with Crippen molar-refractivity contribution in [1.82, 2.24) is 10.7 Å². The lowest BCUT2D eigenvalue weighted by molar-refractivity contribution is -0.139. The average molecular weight is 551 g/mol. The monoisotopic (exact) mass is 550 g/mol. The Balaban J connectivity index is 1.55. The number of nitrogens with one attached hydrogen (secondary N) is 3. The van der Waals surface area contributed by atoms with Gasteiger partial charge in [-0.3, -0.25) is 14.4 Å². The van der Waals surface area contributed by atoms with Crippen LogP contribution in [0.25, 0.3) is 0 Å². The van der Waals surface area contributed by atoms with Gasteiger partial charge in [-0.15, -0.1) is 0 Å². The number of anilines is 1. The van der Waals surface area contributed by atoms with E-state index in [0.29, 0.717) is 29.5 Å². The highest BCUT2D eigenvalue weighted by Crippen LogP contribution is 2.36. The van der Waals surface area contributed by atoms with E-state index in [1.807, 2.05) is 42.5 Å². The quantitative estimate of drug-likeness (QED) is 0.182. The number of ether oxygens (including phenoxy) is 2. The van der Waals surface area contributed by atoms with Crippen molar-refractivity contribution in [2.45, 2.75) is 33.2 Å². The second-order valence-electron chi connectivity index (χ2n) is 8.74. The molecule has 3 rings (SSSR count). The highest BCUT2D eigenvalue weighted by atomic mass is 35.5. The first-order valence-corrected chi connectivity index (χ1v) is 12.8. The zero-order valence-electron chi connectivity index (χ0n) is 22.0. The van der Waals surface area contributed by atoms with Gasteiger partial charge in [-0.05, 0) is 53.8 Å². The van der Waals surface area contributed by atoms with Crippen LogP contribution in [0.5, 0.6) is 11.5 Å². The van der Waals surface area contributed by atoms with Crippen LogP contribution >= 0.6 is 11.6 Å². The van der Waals surface area contributed by atoms with Crippen LogP contribution in [0, 0.1) is 0 Å². The van der Waals surface area contributed by atoms with Gasteiger partial charge in [0.2, 0.25) is 0 Å². The summed E-state index contributed by atoms with van der Waals surface area (Å²) in [7, 11) is 0. The molecule has 0 aromatic heterocycles. The lowest BCUT2D eigenvalue weighted by atomic mass is 10.0. The van der Waals surface area contributed by atoms with Gasteiger partial charge < -0.3 is 20.1 Å². The van der Waals surface area contributed by atoms with E-state index in [2.05, 4.69) is 35.0 Å². The van der Waals surface area contributed by atoms with E-state index in [0.717, 1.165) is 5.56 Å². The number of nitrogens with zero attached hydrogens (tertiary/aromatic N) is 1. The molecule has 3 amide bonds. The van der Waals surface area contributed by atoms with Crippen molar-refractivity contribution >= 4 is 41.2 Å². The van der Waals surface area contributed by atoms with Gasteiger partial charge in [0.05, 0.1) is 17.8 Å². The molecule has 10 heteroatoms. The fourth-order valence-electron chi connectivity index (χ4n) is 3.42. The van der Waals surface area contributed by atoms with Crippen molar-refractivity contribution in [1.29, 1.82) is 0 Å². The number of carbonyl (C=O) groups is 3. The van der Waals surface area contributed by atoms with E-state index in [-0.39, 0.29) is 29.8 Å². The maximum atomic E-state index is 12.2. The first-order valence-electron chi connectivity index (χ1n) is 12.4. The van der Waals surface area contributed by atoms with Crippen LogP contribution in [0.15, 0.2) is 71.8 Å². The lowest BCUT2D eigenvalue weighted by Gasteiger charge is -2.14. The van der Waals surface area contributed by atoms with Crippen LogP contribution in [0.1, 0.15) is 43.4 Å². The zero-order valence-corrected chi connectivity index (χ0v) is 22.7. The number of hydrogen-bond acceptors (Lipinski definition) is 6. The van der Waals surface area contributed by atoms with Gasteiger partial charge in [-0.1, -0.05) is 67.9 Å². The van der Waals surface area contributed by atoms with Crippen molar-refractivity contribution in [2.75, 3.05) is 18.5 Å². The summed E-state index contributed by atoms with van der Waals surface area (Å²) in [5, 5.41) is 9.31. The van der Waals surface area contributed by atoms with E-state index in [1.54, 1.807) is 25.1 Å². The molecular formula is C29H31ClN4O5. The zero-order chi connectivity index (χ0) is 28.2. The molecule has 0 unspecified atom stereocenters. The van der Waals surface area contributed by atoms with Gasteiger partial charge in [0, 0.05) is 12.2 Å². The average Bonchev–Trinajstić information content (AvgIpc) is 2.92. The van der Waals surface area contributed by atoms with E-state index in [1.165, 1.54) is 17.8 Å². The highest BCUT2D eigenvalue weighted by Gasteiger charge is 2.15. The summed E-state index contributed by atoms with van der Waals surface area (Å²) >= 11 is 6.38. The largest absolute Gasteiger partial charge is 0.490 e. The summed E-state index contributed by atoms with van der Waals surface area (Å²) in [6.07, 6.45) is 1.32. The molecule has 39 heavy (non-hydrogen) atoms. The Morgan fingerprint density at radius 1 is 0.974 bits per heavy atom. The van der Waals surface area contributed by atoms with Gasteiger partial charge in [0.25, 0.3) is 5.91 Å². The summed E-state index contributed by atoms with van der Waals surface area (Å²) < 4.78 is 11.2. The van der Waals surface area contributed by atoms with Crippen LogP contribution in [-0.4, -0.2) is 37.1 Å². The number of carbonyl (C=O) groups excluding carboxylic acids is 3. The van der Waals surface area contributed by atoms with Gasteiger partial charge in [0.1, 0.15) is 0 Å². The van der Waals surface area contributed by atoms with Crippen molar-refractivity contribution < 1.29 is 23.9 Å².